The Hall–Kier alpha value is -1.47. The van der Waals surface area contributed by atoms with Crippen LogP contribution in [0.2, 0.25) is 5.28 Å². The average Bonchev–Trinajstić information content (AvgIpc) is 2.41. The molecule has 0 bridgehead atoms. The highest BCUT2D eigenvalue weighted by atomic mass is 35.5. The third-order valence-electron chi connectivity index (χ3n) is 3.53. The van der Waals surface area contributed by atoms with Gasteiger partial charge in [-0.1, -0.05) is 6.92 Å². The van der Waals surface area contributed by atoms with Crippen molar-refractivity contribution >= 4 is 23.1 Å². The lowest BCUT2D eigenvalue weighted by Gasteiger charge is -2.30. The van der Waals surface area contributed by atoms with Crippen LogP contribution in [0.1, 0.15) is 19.8 Å². The topological polar surface area (TPSA) is 84.2 Å². The van der Waals surface area contributed by atoms with Crippen molar-refractivity contribution in [2.75, 3.05) is 31.5 Å². The zero-order valence-electron chi connectivity index (χ0n) is 11.4. The number of rotatable bonds is 5. The van der Waals surface area contributed by atoms with Gasteiger partial charge < -0.3 is 10.2 Å². The largest absolute Gasteiger partial charge is 0.363 e. The number of nitrogens with zero attached hydrogens (tertiary/aromatic N) is 4. The molecule has 0 aromatic carbocycles. The van der Waals surface area contributed by atoms with Gasteiger partial charge in [-0.05, 0) is 43.5 Å². The van der Waals surface area contributed by atoms with Crippen LogP contribution in [0.4, 0.5) is 11.5 Å². The molecule has 1 fully saturated rings. The zero-order chi connectivity index (χ0) is 14.5. The summed E-state index contributed by atoms with van der Waals surface area (Å²) >= 11 is 5.67. The Balaban J connectivity index is 1.87. The molecule has 1 aromatic heterocycles. The fourth-order valence-electron chi connectivity index (χ4n) is 2.24. The Morgan fingerprint density at radius 2 is 2.25 bits per heavy atom. The van der Waals surface area contributed by atoms with Crippen LogP contribution in [0.15, 0.2) is 6.20 Å². The maximum absolute atomic E-state index is 10.9. The summed E-state index contributed by atoms with van der Waals surface area (Å²) in [5.41, 5.74) is -0.151. The fraction of sp³-hybridized carbons (Fsp3) is 0.667. The van der Waals surface area contributed by atoms with Gasteiger partial charge in [0.2, 0.25) is 11.1 Å². The van der Waals surface area contributed by atoms with Crippen LogP contribution < -0.4 is 5.32 Å². The van der Waals surface area contributed by atoms with Gasteiger partial charge in [0, 0.05) is 13.1 Å². The smallest absolute Gasteiger partial charge is 0.329 e. The molecule has 0 spiro atoms. The molecule has 0 radical (unpaired) electrons. The molecule has 0 unspecified atom stereocenters. The number of nitro groups is 1. The predicted octanol–water partition coefficient (Wildman–Crippen LogP) is 2.18. The molecule has 1 aliphatic rings. The second-order valence-electron chi connectivity index (χ2n) is 5.08. The number of aromatic nitrogens is 2. The van der Waals surface area contributed by atoms with Gasteiger partial charge >= 0.3 is 5.69 Å². The van der Waals surface area contributed by atoms with Gasteiger partial charge in [0.25, 0.3) is 0 Å². The van der Waals surface area contributed by atoms with Gasteiger partial charge in [-0.15, -0.1) is 0 Å². The summed E-state index contributed by atoms with van der Waals surface area (Å²) in [6.07, 6.45) is 3.54. The van der Waals surface area contributed by atoms with E-state index in [0.29, 0.717) is 6.54 Å². The van der Waals surface area contributed by atoms with Crippen LogP contribution >= 0.6 is 11.6 Å². The molecule has 0 amide bonds. The van der Waals surface area contributed by atoms with Crippen molar-refractivity contribution in [3.63, 3.8) is 0 Å². The third-order valence-corrected chi connectivity index (χ3v) is 3.72. The number of hydrogen-bond acceptors (Lipinski definition) is 6. The van der Waals surface area contributed by atoms with Gasteiger partial charge in [0.05, 0.1) is 4.92 Å². The minimum Gasteiger partial charge on any atom is -0.363 e. The lowest BCUT2D eigenvalue weighted by Crippen LogP contribution is -2.36. The van der Waals surface area contributed by atoms with Gasteiger partial charge in [0.1, 0.15) is 6.20 Å². The summed E-state index contributed by atoms with van der Waals surface area (Å²) in [6.45, 7) is 5.86. The first-order chi connectivity index (χ1) is 9.56. The summed E-state index contributed by atoms with van der Waals surface area (Å²) < 4.78 is 0. The van der Waals surface area contributed by atoms with Crippen molar-refractivity contribution in [1.82, 2.24) is 14.9 Å². The first kappa shape index (κ1) is 14.9. The van der Waals surface area contributed by atoms with E-state index in [2.05, 4.69) is 27.1 Å². The Morgan fingerprint density at radius 3 is 2.90 bits per heavy atom. The molecule has 1 saturated heterocycles. The molecule has 0 atom stereocenters. The third kappa shape index (κ3) is 4.01. The quantitative estimate of drug-likeness (QED) is 0.509. The Bertz CT molecular complexity index is 477. The number of anilines is 1. The molecule has 110 valence electrons. The van der Waals surface area contributed by atoms with Crippen LogP contribution in [0.3, 0.4) is 0 Å². The molecule has 8 heteroatoms. The van der Waals surface area contributed by atoms with Gasteiger partial charge in [-0.3, -0.25) is 10.1 Å². The van der Waals surface area contributed by atoms with E-state index in [1.165, 1.54) is 12.8 Å². The van der Waals surface area contributed by atoms with Crippen LogP contribution in [-0.2, 0) is 0 Å². The van der Waals surface area contributed by atoms with Gasteiger partial charge in [-0.2, -0.15) is 4.98 Å². The van der Waals surface area contributed by atoms with E-state index in [-0.39, 0.29) is 16.8 Å². The van der Waals surface area contributed by atoms with Crippen molar-refractivity contribution in [3.8, 4) is 0 Å². The SMILES string of the molecule is CC1CCN(CCNc2nc(Cl)ncc2[N+](=O)[O-])CC1. The first-order valence-electron chi connectivity index (χ1n) is 6.69. The van der Waals surface area contributed by atoms with E-state index < -0.39 is 4.92 Å². The highest BCUT2D eigenvalue weighted by molar-refractivity contribution is 6.28. The van der Waals surface area contributed by atoms with Gasteiger partial charge in [0.15, 0.2) is 0 Å². The van der Waals surface area contributed by atoms with E-state index in [4.69, 9.17) is 11.6 Å². The maximum atomic E-state index is 10.9. The molecule has 0 saturated carbocycles. The summed E-state index contributed by atoms with van der Waals surface area (Å²) in [4.78, 5) is 20.2. The zero-order valence-corrected chi connectivity index (χ0v) is 12.1. The number of piperidine rings is 1. The minimum absolute atomic E-state index is 0.00453. The average molecular weight is 300 g/mol. The van der Waals surface area contributed by atoms with Crippen LogP contribution in [0.5, 0.6) is 0 Å². The minimum atomic E-state index is -0.513. The van der Waals surface area contributed by atoms with Crippen LogP contribution in [0.25, 0.3) is 0 Å². The standard InChI is InChI=1S/C12H18ClN5O2/c1-9-2-5-17(6-3-9)7-4-14-11-10(18(19)20)8-15-12(13)16-11/h8-9H,2-7H2,1H3,(H,14,15,16). The normalized spacial score (nSPS) is 17.1. The highest BCUT2D eigenvalue weighted by Crippen LogP contribution is 2.22. The Morgan fingerprint density at radius 1 is 1.55 bits per heavy atom. The number of nitrogens with one attached hydrogen (secondary N) is 1. The number of halogens is 1. The molecule has 20 heavy (non-hydrogen) atoms. The first-order valence-corrected chi connectivity index (χ1v) is 7.07. The monoisotopic (exact) mass is 299 g/mol. The maximum Gasteiger partial charge on any atom is 0.329 e. The highest BCUT2D eigenvalue weighted by Gasteiger charge is 2.18. The van der Waals surface area contributed by atoms with Crippen molar-refractivity contribution in [2.45, 2.75) is 19.8 Å². The second-order valence-corrected chi connectivity index (χ2v) is 5.42. The molecule has 2 rings (SSSR count). The summed E-state index contributed by atoms with van der Waals surface area (Å²) in [5.74, 6) is 0.973. The number of hydrogen-bond donors (Lipinski definition) is 1. The predicted molar refractivity (Wildman–Crippen MR) is 77.0 cm³/mol. The Kier molecular flexibility index (Phi) is 5.08. The fourth-order valence-corrected chi connectivity index (χ4v) is 2.37. The number of likely N-dealkylation sites (tertiary alicyclic amines) is 1. The van der Waals surface area contributed by atoms with Crippen molar-refractivity contribution in [3.05, 3.63) is 21.6 Å². The van der Waals surface area contributed by atoms with Crippen molar-refractivity contribution in [2.24, 2.45) is 5.92 Å². The molecule has 1 N–H and O–H groups in total. The summed E-state index contributed by atoms with van der Waals surface area (Å²) in [6, 6.07) is 0. The summed E-state index contributed by atoms with van der Waals surface area (Å²) in [5, 5.41) is 13.8. The van der Waals surface area contributed by atoms with E-state index in [9.17, 15) is 10.1 Å². The molecular weight excluding hydrogens is 282 g/mol. The van der Waals surface area contributed by atoms with Crippen LogP contribution in [0, 0.1) is 16.0 Å². The van der Waals surface area contributed by atoms with E-state index >= 15 is 0 Å². The lowest BCUT2D eigenvalue weighted by atomic mass is 9.99. The van der Waals surface area contributed by atoms with E-state index in [0.717, 1.165) is 31.7 Å². The summed E-state index contributed by atoms with van der Waals surface area (Å²) in [7, 11) is 0. The van der Waals surface area contributed by atoms with Crippen molar-refractivity contribution in [1.29, 1.82) is 0 Å². The van der Waals surface area contributed by atoms with E-state index in [1.54, 1.807) is 0 Å². The molecule has 1 aromatic rings. The van der Waals surface area contributed by atoms with E-state index in [1.807, 2.05) is 0 Å². The molecule has 0 aliphatic carbocycles. The van der Waals surface area contributed by atoms with Gasteiger partial charge in [-0.25, -0.2) is 4.98 Å². The molecule has 1 aliphatic heterocycles. The molecule has 2 heterocycles. The van der Waals surface area contributed by atoms with Crippen molar-refractivity contribution < 1.29 is 4.92 Å². The molecule has 7 nitrogen and oxygen atoms in total. The van der Waals surface area contributed by atoms with Crippen LogP contribution in [-0.4, -0.2) is 46.0 Å². The Labute approximate surface area is 122 Å². The second kappa shape index (κ2) is 6.81. The molecular formula is C12H18ClN5O2. The lowest BCUT2D eigenvalue weighted by molar-refractivity contribution is -0.384.